The summed E-state index contributed by atoms with van der Waals surface area (Å²) in [5, 5.41) is 44.4. The molecule has 1 aromatic carbocycles. The molecule has 0 spiro atoms. The van der Waals surface area contributed by atoms with E-state index in [-0.39, 0.29) is 0 Å². The molecule has 3 aromatic rings. The number of rotatable bonds is 4. The Balaban J connectivity index is 1.62. The predicted octanol–water partition coefficient (Wildman–Crippen LogP) is 0.488. The van der Waals surface area contributed by atoms with Gasteiger partial charge in [-0.25, -0.2) is 9.50 Å². The SMILES string of the molecule is OCC1O[C@@H](c2ccc(Cl)c(Cc3ccc4ncnn4c3)c2)C(O)[C@@H](O)[C@@H]1O. The fraction of sp³-hybridized carbons (Fsp3) is 0.368. The third kappa shape index (κ3) is 3.50. The largest absolute Gasteiger partial charge is 0.394 e. The van der Waals surface area contributed by atoms with Crippen LogP contribution in [-0.4, -0.2) is 66.0 Å². The number of aliphatic hydroxyl groups excluding tert-OH is 4. The molecule has 4 N–H and O–H groups in total. The molecule has 2 unspecified atom stereocenters. The number of benzene rings is 1. The number of pyridine rings is 1. The van der Waals surface area contributed by atoms with Gasteiger partial charge in [0.15, 0.2) is 5.65 Å². The van der Waals surface area contributed by atoms with Gasteiger partial charge in [-0.05, 0) is 28.8 Å². The summed E-state index contributed by atoms with van der Waals surface area (Å²) in [6.07, 6.45) is -2.16. The molecule has 1 saturated heterocycles. The summed E-state index contributed by atoms with van der Waals surface area (Å²) >= 11 is 6.36. The van der Waals surface area contributed by atoms with Gasteiger partial charge in [0.05, 0.1) is 6.61 Å². The quantitative estimate of drug-likeness (QED) is 0.498. The number of ether oxygens (including phenoxy) is 1. The fourth-order valence-corrected chi connectivity index (χ4v) is 3.65. The van der Waals surface area contributed by atoms with Gasteiger partial charge in [-0.3, -0.25) is 0 Å². The van der Waals surface area contributed by atoms with E-state index in [1.54, 1.807) is 22.7 Å². The van der Waals surface area contributed by atoms with E-state index in [4.69, 9.17) is 16.3 Å². The van der Waals surface area contributed by atoms with Crippen LogP contribution in [-0.2, 0) is 11.2 Å². The predicted molar refractivity (Wildman–Crippen MR) is 100.0 cm³/mol. The number of hydrogen-bond donors (Lipinski definition) is 4. The molecule has 28 heavy (non-hydrogen) atoms. The maximum absolute atomic E-state index is 10.4. The van der Waals surface area contributed by atoms with Gasteiger partial charge >= 0.3 is 0 Å². The third-order valence-electron chi connectivity index (χ3n) is 5.02. The average Bonchev–Trinajstić information content (AvgIpc) is 3.16. The summed E-state index contributed by atoms with van der Waals surface area (Å²) in [5.41, 5.74) is 3.10. The lowest BCUT2D eigenvalue weighted by Gasteiger charge is -2.40. The van der Waals surface area contributed by atoms with Crippen molar-refractivity contribution in [1.82, 2.24) is 14.6 Å². The lowest BCUT2D eigenvalue weighted by molar-refractivity contribution is -0.231. The fourth-order valence-electron chi connectivity index (χ4n) is 3.47. The Morgan fingerprint density at radius 2 is 1.89 bits per heavy atom. The molecule has 1 aliphatic rings. The Morgan fingerprint density at radius 1 is 1.07 bits per heavy atom. The second-order valence-corrected chi connectivity index (χ2v) is 7.28. The molecule has 1 aliphatic heterocycles. The first-order chi connectivity index (χ1) is 13.5. The van der Waals surface area contributed by atoms with Crippen LogP contribution in [0.3, 0.4) is 0 Å². The number of fused-ring (bicyclic) bond motifs is 1. The third-order valence-corrected chi connectivity index (χ3v) is 5.39. The molecule has 5 atom stereocenters. The summed E-state index contributed by atoms with van der Waals surface area (Å²) in [5.74, 6) is 0. The first-order valence-electron chi connectivity index (χ1n) is 8.85. The minimum Gasteiger partial charge on any atom is -0.394 e. The summed E-state index contributed by atoms with van der Waals surface area (Å²) in [7, 11) is 0. The van der Waals surface area contributed by atoms with Gasteiger partial charge in [-0.2, -0.15) is 5.10 Å². The van der Waals surface area contributed by atoms with E-state index in [2.05, 4.69) is 10.1 Å². The number of nitrogens with zero attached hydrogens (tertiary/aromatic N) is 3. The summed E-state index contributed by atoms with van der Waals surface area (Å²) in [6, 6.07) is 8.97. The highest BCUT2D eigenvalue weighted by atomic mass is 35.5. The van der Waals surface area contributed by atoms with Crippen LogP contribution in [0.25, 0.3) is 5.65 Å². The summed E-state index contributed by atoms with van der Waals surface area (Å²) in [6.45, 7) is -0.472. The summed E-state index contributed by atoms with van der Waals surface area (Å²) < 4.78 is 7.30. The highest BCUT2D eigenvalue weighted by Crippen LogP contribution is 2.34. The van der Waals surface area contributed by atoms with Crippen LogP contribution in [0, 0.1) is 0 Å². The van der Waals surface area contributed by atoms with Crippen LogP contribution in [0.2, 0.25) is 5.02 Å². The molecular weight excluding hydrogens is 386 g/mol. The zero-order chi connectivity index (χ0) is 19.8. The van der Waals surface area contributed by atoms with E-state index in [9.17, 15) is 20.4 Å². The van der Waals surface area contributed by atoms with Gasteiger partial charge in [0.1, 0.15) is 36.8 Å². The second-order valence-electron chi connectivity index (χ2n) is 6.88. The van der Waals surface area contributed by atoms with Crippen molar-refractivity contribution in [3.63, 3.8) is 0 Å². The minimum atomic E-state index is -1.43. The Kier molecular flexibility index (Phi) is 5.33. The number of aromatic nitrogens is 3. The van der Waals surface area contributed by atoms with E-state index in [1.165, 1.54) is 6.33 Å². The summed E-state index contributed by atoms with van der Waals surface area (Å²) in [4.78, 5) is 4.11. The van der Waals surface area contributed by atoms with Crippen molar-refractivity contribution < 1.29 is 25.2 Å². The lowest BCUT2D eigenvalue weighted by atomic mass is 9.90. The topological polar surface area (TPSA) is 120 Å². The van der Waals surface area contributed by atoms with Crippen molar-refractivity contribution in [3.8, 4) is 0 Å². The lowest BCUT2D eigenvalue weighted by Crippen LogP contribution is -2.55. The molecule has 2 aromatic heterocycles. The standard InChI is InChI=1S/C19H20ClN3O5/c20-13-3-2-11(19-18(27)17(26)16(25)14(8-24)28-19)6-12(13)5-10-1-4-15-21-9-22-23(15)7-10/h1-4,6-7,9,14,16-19,24-27H,5,8H2/t14?,16-,17+,18?,19+/m1/s1. The number of halogens is 1. The monoisotopic (exact) mass is 405 g/mol. The van der Waals surface area contributed by atoms with E-state index >= 15 is 0 Å². The molecule has 0 bridgehead atoms. The molecule has 8 nitrogen and oxygen atoms in total. The van der Waals surface area contributed by atoms with Gasteiger partial charge in [0, 0.05) is 17.6 Å². The van der Waals surface area contributed by atoms with Gasteiger partial charge in [0.25, 0.3) is 0 Å². The molecule has 0 aliphatic carbocycles. The van der Waals surface area contributed by atoms with Crippen LogP contribution in [0.1, 0.15) is 22.8 Å². The molecule has 0 amide bonds. The van der Waals surface area contributed by atoms with Gasteiger partial charge in [-0.1, -0.05) is 29.8 Å². The van der Waals surface area contributed by atoms with Crippen molar-refractivity contribution in [2.45, 2.75) is 36.9 Å². The highest BCUT2D eigenvalue weighted by Gasteiger charge is 2.43. The zero-order valence-corrected chi connectivity index (χ0v) is 15.5. The Bertz CT molecular complexity index is 979. The Hall–Kier alpha value is -2.07. The molecule has 1 fully saturated rings. The van der Waals surface area contributed by atoms with E-state index in [0.29, 0.717) is 17.0 Å². The first kappa shape index (κ1) is 19.3. The normalized spacial score (nSPS) is 28.0. The van der Waals surface area contributed by atoms with E-state index in [0.717, 1.165) is 16.8 Å². The average molecular weight is 406 g/mol. The highest BCUT2D eigenvalue weighted by molar-refractivity contribution is 6.31. The first-order valence-corrected chi connectivity index (χ1v) is 9.23. The maximum Gasteiger partial charge on any atom is 0.155 e. The van der Waals surface area contributed by atoms with Gasteiger partial charge in [-0.15, -0.1) is 0 Å². The minimum absolute atomic E-state index is 0.472. The van der Waals surface area contributed by atoms with Crippen LogP contribution in [0.4, 0.5) is 0 Å². The molecular formula is C19H20ClN3O5. The van der Waals surface area contributed by atoms with Crippen molar-refractivity contribution in [2.75, 3.05) is 6.61 Å². The second kappa shape index (κ2) is 7.75. The van der Waals surface area contributed by atoms with Crippen molar-refractivity contribution >= 4 is 17.2 Å². The van der Waals surface area contributed by atoms with E-state index < -0.39 is 37.1 Å². The molecule has 4 rings (SSSR count). The van der Waals surface area contributed by atoms with Crippen molar-refractivity contribution in [2.24, 2.45) is 0 Å². The van der Waals surface area contributed by atoms with Crippen molar-refractivity contribution in [1.29, 1.82) is 0 Å². The van der Waals surface area contributed by atoms with Crippen LogP contribution < -0.4 is 0 Å². The van der Waals surface area contributed by atoms with Crippen molar-refractivity contribution in [3.05, 3.63) is 64.6 Å². The van der Waals surface area contributed by atoms with E-state index in [1.807, 2.05) is 18.3 Å². The Labute approximate surface area is 165 Å². The van der Waals surface area contributed by atoms with Gasteiger partial charge in [0.2, 0.25) is 0 Å². The molecule has 3 heterocycles. The van der Waals surface area contributed by atoms with Gasteiger partial charge < -0.3 is 25.2 Å². The number of hydrogen-bond acceptors (Lipinski definition) is 7. The number of aliphatic hydroxyl groups is 4. The smallest absolute Gasteiger partial charge is 0.155 e. The zero-order valence-electron chi connectivity index (χ0n) is 14.8. The molecule has 148 valence electrons. The molecule has 0 saturated carbocycles. The van der Waals surface area contributed by atoms with Crippen LogP contribution >= 0.6 is 11.6 Å². The molecule has 9 heteroatoms. The Morgan fingerprint density at radius 3 is 2.68 bits per heavy atom. The van der Waals surface area contributed by atoms with Crippen LogP contribution in [0.5, 0.6) is 0 Å². The van der Waals surface area contributed by atoms with Crippen LogP contribution in [0.15, 0.2) is 42.9 Å². The maximum atomic E-state index is 10.4. The molecule has 0 radical (unpaired) electrons.